The van der Waals surface area contributed by atoms with E-state index in [2.05, 4.69) is 27.8 Å². The first-order chi connectivity index (χ1) is 11.5. The number of amides is 2. The van der Waals surface area contributed by atoms with Crippen LogP contribution in [0.5, 0.6) is 0 Å². The molecule has 1 atom stereocenters. The van der Waals surface area contributed by atoms with Crippen molar-refractivity contribution < 1.29 is 9.18 Å². The third-order valence-electron chi connectivity index (χ3n) is 4.12. The summed E-state index contributed by atoms with van der Waals surface area (Å²) in [5.41, 5.74) is 2.06. The third kappa shape index (κ3) is 3.58. The average molecular weight is 330 g/mol. The number of tetrazole rings is 1. The van der Waals surface area contributed by atoms with Crippen molar-refractivity contribution in [2.75, 3.05) is 18.4 Å². The number of urea groups is 1. The minimum atomic E-state index is -0.244. The molecule has 1 aliphatic rings. The van der Waals surface area contributed by atoms with Crippen LogP contribution in [0.1, 0.15) is 18.9 Å². The first-order valence-electron chi connectivity index (χ1n) is 7.77. The van der Waals surface area contributed by atoms with E-state index < -0.39 is 0 Å². The fourth-order valence-corrected chi connectivity index (χ4v) is 2.77. The van der Waals surface area contributed by atoms with Crippen molar-refractivity contribution in [3.63, 3.8) is 0 Å². The van der Waals surface area contributed by atoms with Gasteiger partial charge in [-0.05, 0) is 40.5 Å². The highest BCUT2D eigenvalue weighted by Gasteiger charge is 2.25. The van der Waals surface area contributed by atoms with Crippen LogP contribution in [0.15, 0.2) is 29.8 Å². The molecule has 1 N–H and O–H groups in total. The Labute approximate surface area is 139 Å². The number of nitrogens with zero attached hydrogens (tertiary/aromatic N) is 5. The minimum absolute atomic E-state index is 0.199. The van der Waals surface area contributed by atoms with Gasteiger partial charge in [0.25, 0.3) is 5.95 Å². The topological polar surface area (TPSA) is 75.9 Å². The van der Waals surface area contributed by atoms with E-state index in [1.54, 1.807) is 18.0 Å². The van der Waals surface area contributed by atoms with Gasteiger partial charge in [0.2, 0.25) is 0 Å². The second-order valence-electron chi connectivity index (χ2n) is 5.93. The Morgan fingerprint density at radius 3 is 2.96 bits per heavy atom. The normalized spacial score (nSPS) is 19.5. The zero-order valence-electron chi connectivity index (χ0n) is 13.6. The molecule has 2 amide bonds. The van der Waals surface area contributed by atoms with Gasteiger partial charge in [0, 0.05) is 20.1 Å². The Morgan fingerprint density at radius 2 is 2.29 bits per heavy atom. The highest BCUT2D eigenvalue weighted by molar-refractivity contribution is 5.87. The number of likely N-dealkylation sites (tertiary alicyclic amines) is 1. The molecule has 2 aromatic rings. The zero-order valence-corrected chi connectivity index (χ0v) is 13.6. The summed E-state index contributed by atoms with van der Waals surface area (Å²) in [7, 11) is 1.66. The molecule has 0 spiro atoms. The number of rotatable bonds is 2. The van der Waals surface area contributed by atoms with E-state index in [1.807, 2.05) is 12.1 Å². The van der Waals surface area contributed by atoms with E-state index in [9.17, 15) is 9.18 Å². The third-order valence-corrected chi connectivity index (χ3v) is 4.12. The van der Waals surface area contributed by atoms with E-state index >= 15 is 0 Å². The summed E-state index contributed by atoms with van der Waals surface area (Å²) in [4.78, 5) is 14.0. The minimum Gasteiger partial charge on any atom is -0.324 e. The Morgan fingerprint density at radius 1 is 1.46 bits per heavy atom. The van der Waals surface area contributed by atoms with Gasteiger partial charge in [0.1, 0.15) is 5.82 Å². The maximum absolute atomic E-state index is 13.3. The number of aromatic nitrogens is 4. The van der Waals surface area contributed by atoms with Crippen LogP contribution in [0.3, 0.4) is 0 Å². The summed E-state index contributed by atoms with van der Waals surface area (Å²) in [6, 6.07) is 6.30. The fraction of sp³-hybridized carbons (Fsp3) is 0.375. The lowest BCUT2D eigenvalue weighted by molar-refractivity contribution is 0.197. The lowest BCUT2D eigenvalue weighted by Gasteiger charge is -2.33. The van der Waals surface area contributed by atoms with Crippen LogP contribution >= 0.6 is 0 Å². The number of nitrogens with one attached hydrogen (secondary N) is 1. The second-order valence-corrected chi connectivity index (χ2v) is 5.93. The van der Waals surface area contributed by atoms with Gasteiger partial charge in [-0.2, -0.15) is 0 Å². The highest BCUT2D eigenvalue weighted by Crippen LogP contribution is 2.25. The molecule has 0 bridgehead atoms. The molecule has 1 aromatic carbocycles. The average Bonchev–Trinajstić information content (AvgIpc) is 2.94. The molecule has 8 heteroatoms. The van der Waals surface area contributed by atoms with E-state index in [-0.39, 0.29) is 17.8 Å². The number of halogens is 1. The van der Waals surface area contributed by atoms with Crippen molar-refractivity contribution in [1.29, 1.82) is 0 Å². The molecule has 1 fully saturated rings. The predicted octanol–water partition coefficient (Wildman–Crippen LogP) is 2.31. The summed E-state index contributed by atoms with van der Waals surface area (Å²) < 4.78 is 14.7. The van der Waals surface area contributed by atoms with E-state index in [4.69, 9.17) is 0 Å². The molecule has 0 saturated carbocycles. The van der Waals surface area contributed by atoms with Crippen molar-refractivity contribution in [1.82, 2.24) is 25.1 Å². The summed E-state index contributed by atoms with van der Waals surface area (Å²) in [6.45, 7) is 3.26. The smallest absolute Gasteiger partial charge is 0.324 e. The quantitative estimate of drug-likeness (QED) is 0.917. The molecule has 24 heavy (non-hydrogen) atoms. The highest BCUT2D eigenvalue weighted by atomic mass is 19.1. The summed E-state index contributed by atoms with van der Waals surface area (Å²) in [5, 5.41) is 13.6. The Balaban J connectivity index is 1.64. The molecule has 0 aliphatic carbocycles. The summed E-state index contributed by atoms with van der Waals surface area (Å²) in [6.07, 6.45) is 2.76. The Hall–Kier alpha value is -2.77. The van der Waals surface area contributed by atoms with Gasteiger partial charge in [-0.15, -0.1) is 0 Å². The molecule has 1 unspecified atom stereocenters. The molecular formula is C16H19FN6O. The van der Waals surface area contributed by atoms with Crippen molar-refractivity contribution in [2.24, 2.45) is 13.0 Å². The van der Waals surface area contributed by atoms with Gasteiger partial charge in [-0.1, -0.05) is 35.8 Å². The molecule has 2 heterocycles. The van der Waals surface area contributed by atoms with Crippen LogP contribution in [0, 0.1) is 11.7 Å². The van der Waals surface area contributed by atoms with E-state index in [0.717, 1.165) is 12.0 Å². The monoisotopic (exact) mass is 330 g/mol. The van der Waals surface area contributed by atoms with E-state index in [0.29, 0.717) is 19.0 Å². The summed E-state index contributed by atoms with van der Waals surface area (Å²) in [5.74, 6) is 0.269. The first kappa shape index (κ1) is 16.1. The number of hydrogen-bond acceptors (Lipinski definition) is 4. The van der Waals surface area contributed by atoms with Crippen LogP contribution in [-0.4, -0.2) is 44.2 Å². The standard InChI is InChI=1S/C16H19FN6O/c1-11-10-23(16(24)18-15-19-20-21-22(15)2)7-6-13(11)8-12-4-3-5-14(17)9-12/h3-5,8-9,11H,6-7,10H2,1-2H3,(H,18,19,21,24). The zero-order chi connectivity index (χ0) is 17.1. The second kappa shape index (κ2) is 6.77. The molecule has 1 aliphatic heterocycles. The SMILES string of the molecule is CC1CN(C(=O)Nc2nnnn2C)CCC1=Cc1cccc(F)c1. The number of aryl methyl sites for hydroxylation is 1. The van der Waals surface area contributed by atoms with Crippen LogP contribution in [0.25, 0.3) is 6.08 Å². The van der Waals surface area contributed by atoms with Crippen LogP contribution in [0.4, 0.5) is 15.1 Å². The van der Waals surface area contributed by atoms with Crippen molar-refractivity contribution in [2.45, 2.75) is 13.3 Å². The van der Waals surface area contributed by atoms with Gasteiger partial charge in [-0.3, -0.25) is 5.32 Å². The maximum atomic E-state index is 13.3. The van der Waals surface area contributed by atoms with Crippen LogP contribution in [-0.2, 0) is 7.05 Å². The Kier molecular flexibility index (Phi) is 4.54. The molecule has 0 radical (unpaired) electrons. The number of carbonyl (C=O) groups is 1. The van der Waals surface area contributed by atoms with Gasteiger partial charge >= 0.3 is 6.03 Å². The number of benzene rings is 1. The molecule has 1 aromatic heterocycles. The predicted molar refractivity (Wildman–Crippen MR) is 87.5 cm³/mol. The number of anilines is 1. The largest absolute Gasteiger partial charge is 0.324 e. The van der Waals surface area contributed by atoms with Gasteiger partial charge in [0.05, 0.1) is 0 Å². The summed E-state index contributed by atoms with van der Waals surface area (Å²) >= 11 is 0. The first-order valence-corrected chi connectivity index (χ1v) is 7.77. The lowest BCUT2D eigenvalue weighted by Crippen LogP contribution is -2.42. The molecule has 1 saturated heterocycles. The maximum Gasteiger partial charge on any atom is 0.324 e. The lowest BCUT2D eigenvalue weighted by atomic mass is 9.91. The molecular weight excluding hydrogens is 311 g/mol. The number of piperidine rings is 1. The molecule has 7 nitrogen and oxygen atoms in total. The van der Waals surface area contributed by atoms with E-state index in [1.165, 1.54) is 22.4 Å². The van der Waals surface area contributed by atoms with Crippen molar-refractivity contribution in [3.8, 4) is 0 Å². The molecule has 3 rings (SSSR count). The number of carbonyl (C=O) groups excluding carboxylic acids is 1. The van der Waals surface area contributed by atoms with Gasteiger partial charge in [-0.25, -0.2) is 13.9 Å². The molecule has 126 valence electrons. The van der Waals surface area contributed by atoms with Gasteiger partial charge < -0.3 is 4.90 Å². The van der Waals surface area contributed by atoms with Crippen LogP contribution in [0.2, 0.25) is 0 Å². The Bertz CT molecular complexity index is 771. The van der Waals surface area contributed by atoms with Crippen LogP contribution < -0.4 is 5.32 Å². The number of hydrogen-bond donors (Lipinski definition) is 1. The van der Waals surface area contributed by atoms with Gasteiger partial charge in [0.15, 0.2) is 0 Å². The van der Waals surface area contributed by atoms with Crippen molar-refractivity contribution in [3.05, 3.63) is 41.2 Å². The van der Waals surface area contributed by atoms with Crippen molar-refractivity contribution >= 4 is 18.1 Å². The fourth-order valence-electron chi connectivity index (χ4n) is 2.77.